The molecule has 2 N–H and O–H groups in total. The lowest BCUT2D eigenvalue weighted by atomic mass is 10.0. The zero-order valence-corrected chi connectivity index (χ0v) is 11.0. The van der Waals surface area contributed by atoms with Crippen molar-refractivity contribution >= 4 is 22.6 Å². The van der Waals surface area contributed by atoms with Gasteiger partial charge in [-0.15, -0.1) is 0 Å². The summed E-state index contributed by atoms with van der Waals surface area (Å²) in [7, 11) is 0. The third kappa shape index (κ3) is 2.09. The van der Waals surface area contributed by atoms with Crippen molar-refractivity contribution in [3.63, 3.8) is 0 Å². The summed E-state index contributed by atoms with van der Waals surface area (Å²) >= 11 is 5.83. The second-order valence-electron chi connectivity index (χ2n) is 4.35. The van der Waals surface area contributed by atoms with Crippen molar-refractivity contribution in [1.82, 2.24) is 15.0 Å². The van der Waals surface area contributed by atoms with Crippen LogP contribution in [0.5, 0.6) is 0 Å². The highest BCUT2D eigenvalue weighted by atomic mass is 35.5. The number of halogens is 1. The normalized spacial score (nSPS) is 12.8. The van der Waals surface area contributed by atoms with E-state index in [2.05, 4.69) is 15.0 Å². The van der Waals surface area contributed by atoms with Crippen LogP contribution in [0.25, 0.3) is 11.0 Å². The summed E-state index contributed by atoms with van der Waals surface area (Å²) in [6, 6.07) is 7.25. The molecule has 1 unspecified atom stereocenters. The quantitative estimate of drug-likeness (QED) is 0.706. The molecule has 0 saturated carbocycles. The average molecular weight is 274 g/mol. The van der Waals surface area contributed by atoms with Crippen molar-refractivity contribution in [3.8, 4) is 0 Å². The first-order valence-electron chi connectivity index (χ1n) is 5.90. The van der Waals surface area contributed by atoms with Gasteiger partial charge in [-0.25, -0.2) is 9.97 Å². The van der Waals surface area contributed by atoms with E-state index in [9.17, 15) is 5.11 Å². The van der Waals surface area contributed by atoms with Gasteiger partial charge in [-0.05, 0) is 25.1 Å². The van der Waals surface area contributed by atoms with Crippen LogP contribution < -0.4 is 0 Å². The van der Waals surface area contributed by atoms with E-state index in [4.69, 9.17) is 11.6 Å². The minimum atomic E-state index is -0.747. The van der Waals surface area contributed by atoms with Crippen LogP contribution in [0.15, 0.2) is 36.7 Å². The van der Waals surface area contributed by atoms with E-state index in [1.807, 2.05) is 19.1 Å². The Kier molecular flexibility index (Phi) is 2.97. The number of aliphatic hydroxyl groups excluding tert-OH is 1. The third-order valence-corrected chi connectivity index (χ3v) is 3.38. The molecule has 0 aromatic carbocycles. The molecule has 0 amide bonds. The van der Waals surface area contributed by atoms with Gasteiger partial charge >= 0.3 is 0 Å². The number of aromatic amines is 1. The topological polar surface area (TPSA) is 61.8 Å². The van der Waals surface area contributed by atoms with E-state index in [1.54, 1.807) is 24.5 Å². The maximum Gasteiger partial charge on any atom is 0.137 e. The van der Waals surface area contributed by atoms with Crippen LogP contribution in [0.2, 0.25) is 5.15 Å². The van der Waals surface area contributed by atoms with Crippen LogP contribution in [0.3, 0.4) is 0 Å². The largest absolute Gasteiger partial charge is 0.384 e. The fourth-order valence-corrected chi connectivity index (χ4v) is 2.39. The molecule has 0 aliphatic heterocycles. The number of aliphatic hydroxyl groups is 1. The van der Waals surface area contributed by atoms with E-state index in [-0.39, 0.29) is 0 Å². The lowest BCUT2D eigenvalue weighted by molar-refractivity contribution is 0.220. The van der Waals surface area contributed by atoms with Crippen LogP contribution in [0, 0.1) is 6.92 Å². The fraction of sp³-hybridized carbons (Fsp3) is 0.143. The van der Waals surface area contributed by atoms with Crippen LogP contribution in [-0.4, -0.2) is 20.1 Å². The number of nitrogens with one attached hydrogen (secondary N) is 1. The Morgan fingerprint density at radius 2 is 2.11 bits per heavy atom. The molecule has 0 saturated heterocycles. The van der Waals surface area contributed by atoms with Crippen LogP contribution in [0.4, 0.5) is 0 Å². The van der Waals surface area contributed by atoms with Gasteiger partial charge in [-0.3, -0.25) is 0 Å². The van der Waals surface area contributed by atoms with Gasteiger partial charge < -0.3 is 10.1 Å². The Morgan fingerprint density at radius 1 is 1.26 bits per heavy atom. The van der Waals surface area contributed by atoms with Crippen molar-refractivity contribution in [2.45, 2.75) is 13.0 Å². The van der Waals surface area contributed by atoms with Gasteiger partial charge in [0.25, 0.3) is 0 Å². The minimum Gasteiger partial charge on any atom is -0.384 e. The van der Waals surface area contributed by atoms with Crippen LogP contribution in [-0.2, 0) is 0 Å². The third-order valence-electron chi connectivity index (χ3n) is 3.16. The van der Waals surface area contributed by atoms with E-state index >= 15 is 0 Å². The molecule has 19 heavy (non-hydrogen) atoms. The van der Waals surface area contributed by atoms with Crippen molar-refractivity contribution in [2.24, 2.45) is 0 Å². The molecule has 96 valence electrons. The summed E-state index contributed by atoms with van der Waals surface area (Å²) in [5.74, 6) is 0. The highest BCUT2D eigenvalue weighted by molar-refractivity contribution is 6.29. The predicted molar refractivity (Wildman–Crippen MR) is 74.1 cm³/mol. The maximum atomic E-state index is 10.5. The second kappa shape index (κ2) is 4.64. The Balaban J connectivity index is 2.10. The molecule has 0 aliphatic carbocycles. The summed E-state index contributed by atoms with van der Waals surface area (Å²) in [5.41, 5.74) is 3.01. The molecule has 0 fully saturated rings. The number of fused-ring (bicyclic) bond motifs is 1. The molecule has 0 bridgehead atoms. The predicted octanol–water partition coefficient (Wildman–Crippen LogP) is 3.00. The molecule has 3 heterocycles. The van der Waals surface area contributed by atoms with Crippen LogP contribution >= 0.6 is 11.6 Å². The van der Waals surface area contributed by atoms with Gasteiger partial charge in [0.05, 0.1) is 0 Å². The summed E-state index contributed by atoms with van der Waals surface area (Å²) < 4.78 is 0. The van der Waals surface area contributed by atoms with Gasteiger partial charge in [-0.1, -0.05) is 17.7 Å². The summed E-state index contributed by atoms with van der Waals surface area (Å²) in [6.45, 7) is 1.83. The number of rotatable bonds is 2. The van der Waals surface area contributed by atoms with Gasteiger partial charge in [0.1, 0.15) is 16.9 Å². The first kappa shape index (κ1) is 12.1. The van der Waals surface area contributed by atoms with Gasteiger partial charge in [-0.2, -0.15) is 0 Å². The van der Waals surface area contributed by atoms with Crippen molar-refractivity contribution in [1.29, 1.82) is 0 Å². The highest BCUT2D eigenvalue weighted by Crippen LogP contribution is 2.29. The molecule has 0 radical (unpaired) electrons. The van der Waals surface area contributed by atoms with E-state index in [0.717, 1.165) is 27.9 Å². The number of aromatic nitrogens is 3. The molecule has 3 rings (SSSR count). The Bertz CT molecular complexity index is 738. The zero-order valence-electron chi connectivity index (χ0n) is 10.3. The summed E-state index contributed by atoms with van der Waals surface area (Å²) in [4.78, 5) is 11.4. The van der Waals surface area contributed by atoms with Crippen molar-refractivity contribution in [3.05, 3.63) is 58.6 Å². The molecule has 1 atom stereocenters. The Morgan fingerprint density at radius 3 is 2.89 bits per heavy atom. The number of hydrogen-bond donors (Lipinski definition) is 2. The van der Waals surface area contributed by atoms with Gasteiger partial charge in [0, 0.05) is 34.6 Å². The van der Waals surface area contributed by atoms with Crippen molar-refractivity contribution in [2.75, 3.05) is 0 Å². The fourth-order valence-electron chi connectivity index (χ4n) is 2.20. The molecule has 0 spiro atoms. The number of H-pyrrole nitrogens is 1. The number of nitrogens with zero attached hydrogens (tertiary/aromatic N) is 2. The monoisotopic (exact) mass is 273 g/mol. The van der Waals surface area contributed by atoms with Crippen LogP contribution in [0.1, 0.15) is 22.9 Å². The van der Waals surface area contributed by atoms with Gasteiger partial charge in [0.2, 0.25) is 0 Å². The second-order valence-corrected chi connectivity index (χ2v) is 4.74. The standard InChI is InChI=1S/C14H12ClN3O/c1-8-9(4-5-12(15)18-8)13(19)11-7-17-14-10(11)3-2-6-16-14/h2-7,13,19H,1H3,(H,16,17). The summed E-state index contributed by atoms with van der Waals surface area (Å²) in [6.07, 6.45) is 2.74. The first-order chi connectivity index (χ1) is 9.16. The minimum absolute atomic E-state index is 0.425. The number of aryl methyl sites for hydroxylation is 1. The van der Waals surface area contributed by atoms with E-state index in [1.165, 1.54) is 0 Å². The van der Waals surface area contributed by atoms with E-state index in [0.29, 0.717) is 5.15 Å². The zero-order chi connectivity index (χ0) is 13.4. The first-order valence-corrected chi connectivity index (χ1v) is 6.27. The number of hydrogen-bond acceptors (Lipinski definition) is 3. The number of pyridine rings is 2. The molecule has 5 heteroatoms. The lowest BCUT2D eigenvalue weighted by Crippen LogP contribution is -2.03. The SMILES string of the molecule is Cc1nc(Cl)ccc1C(O)c1c[nH]c2ncccc12. The Labute approximate surface area is 115 Å². The average Bonchev–Trinajstić information content (AvgIpc) is 2.82. The van der Waals surface area contributed by atoms with Gasteiger partial charge in [0.15, 0.2) is 0 Å². The molecule has 3 aromatic heterocycles. The highest BCUT2D eigenvalue weighted by Gasteiger charge is 2.17. The molecule has 3 aromatic rings. The van der Waals surface area contributed by atoms with Crippen molar-refractivity contribution < 1.29 is 5.11 Å². The smallest absolute Gasteiger partial charge is 0.137 e. The summed E-state index contributed by atoms with van der Waals surface area (Å²) in [5, 5.41) is 11.9. The molecular weight excluding hydrogens is 262 g/mol. The molecular formula is C14H12ClN3O. The van der Waals surface area contributed by atoms with E-state index < -0.39 is 6.10 Å². The lowest BCUT2D eigenvalue weighted by Gasteiger charge is -2.12. The molecule has 0 aliphatic rings. The Hall–Kier alpha value is -1.91. The molecule has 4 nitrogen and oxygen atoms in total. The maximum absolute atomic E-state index is 10.5.